The lowest BCUT2D eigenvalue weighted by Crippen LogP contribution is -2.56. The third-order valence-electron chi connectivity index (χ3n) is 3.85. The van der Waals surface area contributed by atoms with Crippen LogP contribution in [-0.4, -0.2) is 82.5 Å². The lowest BCUT2D eigenvalue weighted by atomic mass is 10.1. The maximum absolute atomic E-state index is 11.5. The largest absolute Gasteiger partial charge is 0.492 e. The molecule has 2 heterocycles. The van der Waals surface area contributed by atoms with Gasteiger partial charge in [0.1, 0.15) is 5.75 Å². The SMILES string of the molecule is COC(=O)c1cncc(OCC[C@@H]2CN(C(=O)O)CCN2C(=O)O)c1. The summed E-state index contributed by atoms with van der Waals surface area (Å²) < 4.78 is 10.1. The third kappa shape index (κ3) is 4.72. The predicted octanol–water partition coefficient (Wildman–Crippen LogP) is 0.979. The van der Waals surface area contributed by atoms with Crippen molar-refractivity contribution in [2.24, 2.45) is 0 Å². The van der Waals surface area contributed by atoms with Gasteiger partial charge in [-0.2, -0.15) is 0 Å². The number of carboxylic acid groups (broad SMARTS) is 2. The second-order valence-electron chi connectivity index (χ2n) is 5.40. The van der Waals surface area contributed by atoms with Gasteiger partial charge in [-0.15, -0.1) is 0 Å². The van der Waals surface area contributed by atoms with E-state index in [4.69, 9.17) is 9.84 Å². The minimum atomic E-state index is -1.09. The number of carbonyl (C=O) groups is 3. The number of methoxy groups -OCH3 is 1. The number of piperazine rings is 1. The Bertz CT molecular complexity index is 652. The normalized spacial score (nSPS) is 17.1. The van der Waals surface area contributed by atoms with Crippen LogP contribution in [0.5, 0.6) is 5.75 Å². The molecule has 2 amide bonds. The molecule has 0 spiro atoms. The van der Waals surface area contributed by atoms with E-state index in [1.165, 1.54) is 35.4 Å². The van der Waals surface area contributed by atoms with Crippen molar-refractivity contribution in [3.05, 3.63) is 24.0 Å². The highest BCUT2D eigenvalue weighted by Gasteiger charge is 2.32. The van der Waals surface area contributed by atoms with Crippen LogP contribution in [0.1, 0.15) is 16.8 Å². The monoisotopic (exact) mass is 353 g/mol. The molecule has 2 rings (SSSR count). The highest BCUT2D eigenvalue weighted by Crippen LogP contribution is 2.16. The lowest BCUT2D eigenvalue weighted by Gasteiger charge is -2.38. The second kappa shape index (κ2) is 8.18. The number of carbonyl (C=O) groups excluding carboxylic acids is 1. The average Bonchev–Trinajstić information content (AvgIpc) is 2.61. The molecule has 1 aromatic heterocycles. The molecule has 0 aromatic carbocycles. The van der Waals surface area contributed by atoms with Crippen LogP contribution >= 0.6 is 0 Å². The minimum absolute atomic E-state index is 0.0887. The number of nitrogens with zero attached hydrogens (tertiary/aromatic N) is 3. The molecule has 0 aliphatic carbocycles. The van der Waals surface area contributed by atoms with Crippen LogP contribution in [0.25, 0.3) is 0 Å². The highest BCUT2D eigenvalue weighted by molar-refractivity contribution is 5.89. The van der Waals surface area contributed by atoms with Crippen molar-refractivity contribution in [1.29, 1.82) is 0 Å². The van der Waals surface area contributed by atoms with E-state index in [0.717, 1.165) is 0 Å². The number of pyridine rings is 1. The first-order chi connectivity index (χ1) is 11.9. The zero-order valence-electron chi connectivity index (χ0n) is 13.6. The number of esters is 1. The molecule has 0 radical (unpaired) electrons. The molecule has 25 heavy (non-hydrogen) atoms. The number of amides is 2. The summed E-state index contributed by atoms with van der Waals surface area (Å²) in [5.41, 5.74) is 0.238. The fourth-order valence-corrected chi connectivity index (χ4v) is 2.57. The van der Waals surface area contributed by atoms with Gasteiger partial charge in [-0.05, 0) is 6.07 Å². The molecule has 0 unspecified atom stereocenters. The third-order valence-corrected chi connectivity index (χ3v) is 3.85. The summed E-state index contributed by atoms with van der Waals surface area (Å²) >= 11 is 0. The van der Waals surface area contributed by atoms with Gasteiger partial charge in [0.25, 0.3) is 0 Å². The minimum Gasteiger partial charge on any atom is -0.492 e. The van der Waals surface area contributed by atoms with Crippen molar-refractivity contribution in [3.8, 4) is 5.75 Å². The van der Waals surface area contributed by atoms with Gasteiger partial charge in [0.05, 0.1) is 31.5 Å². The van der Waals surface area contributed by atoms with Crippen LogP contribution in [0.3, 0.4) is 0 Å². The Hall–Kier alpha value is -3.04. The Balaban J connectivity index is 1.95. The molecule has 0 bridgehead atoms. The van der Waals surface area contributed by atoms with Gasteiger partial charge >= 0.3 is 18.2 Å². The van der Waals surface area contributed by atoms with Crippen LogP contribution in [0.2, 0.25) is 0 Å². The molecule has 1 fully saturated rings. The quantitative estimate of drug-likeness (QED) is 0.749. The van der Waals surface area contributed by atoms with Crippen molar-refractivity contribution in [1.82, 2.24) is 14.8 Å². The zero-order valence-corrected chi connectivity index (χ0v) is 13.6. The van der Waals surface area contributed by atoms with E-state index in [9.17, 15) is 19.5 Å². The number of hydrogen-bond donors (Lipinski definition) is 2. The van der Waals surface area contributed by atoms with Crippen LogP contribution in [0, 0.1) is 0 Å². The van der Waals surface area contributed by atoms with Crippen molar-refractivity contribution < 1.29 is 34.1 Å². The van der Waals surface area contributed by atoms with Crippen molar-refractivity contribution in [3.63, 3.8) is 0 Å². The van der Waals surface area contributed by atoms with Gasteiger partial charge in [-0.1, -0.05) is 0 Å². The Morgan fingerprint density at radius 3 is 2.64 bits per heavy atom. The summed E-state index contributed by atoms with van der Waals surface area (Å²) in [6.45, 7) is 0.495. The van der Waals surface area contributed by atoms with Gasteiger partial charge in [0.15, 0.2) is 0 Å². The Labute approximate surface area is 143 Å². The fourth-order valence-electron chi connectivity index (χ4n) is 2.57. The topological polar surface area (TPSA) is 130 Å². The summed E-state index contributed by atoms with van der Waals surface area (Å²) in [7, 11) is 1.26. The first-order valence-electron chi connectivity index (χ1n) is 7.56. The molecule has 1 saturated heterocycles. The van der Waals surface area contributed by atoms with Gasteiger partial charge in [-0.25, -0.2) is 14.4 Å². The number of rotatable bonds is 5. The Morgan fingerprint density at radius 2 is 2.00 bits per heavy atom. The molecule has 1 aliphatic rings. The molecule has 0 saturated carbocycles. The van der Waals surface area contributed by atoms with Crippen LogP contribution in [0.15, 0.2) is 18.5 Å². The van der Waals surface area contributed by atoms with E-state index in [0.29, 0.717) is 12.2 Å². The summed E-state index contributed by atoms with van der Waals surface area (Å²) in [4.78, 5) is 40.1. The first-order valence-corrected chi connectivity index (χ1v) is 7.56. The van der Waals surface area contributed by atoms with Crippen molar-refractivity contribution >= 4 is 18.2 Å². The number of hydrogen-bond acceptors (Lipinski definition) is 6. The van der Waals surface area contributed by atoms with E-state index >= 15 is 0 Å². The van der Waals surface area contributed by atoms with Gasteiger partial charge < -0.3 is 29.5 Å². The fraction of sp³-hybridized carbons (Fsp3) is 0.467. The van der Waals surface area contributed by atoms with Crippen LogP contribution < -0.4 is 4.74 Å². The van der Waals surface area contributed by atoms with E-state index in [1.54, 1.807) is 0 Å². The highest BCUT2D eigenvalue weighted by atomic mass is 16.5. The first kappa shape index (κ1) is 18.3. The summed E-state index contributed by atoms with van der Waals surface area (Å²) in [5, 5.41) is 18.3. The summed E-state index contributed by atoms with van der Waals surface area (Å²) in [6, 6.07) is 0.970. The van der Waals surface area contributed by atoms with Crippen LogP contribution in [-0.2, 0) is 4.74 Å². The summed E-state index contributed by atoms with van der Waals surface area (Å²) in [6.07, 6.45) is 0.900. The predicted molar refractivity (Wildman–Crippen MR) is 83.8 cm³/mol. The lowest BCUT2D eigenvalue weighted by molar-refractivity contribution is 0.0560. The molecule has 1 aliphatic heterocycles. The smallest absolute Gasteiger partial charge is 0.407 e. The molecular weight excluding hydrogens is 334 g/mol. The molecular formula is C15H19N3O7. The average molecular weight is 353 g/mol. The number of aromatic nitrogens is 1. The van der Waals surface area contributed by atoms with Gasteiger partial charge in [0, 0.05) is 32.3 Å². The van der Waals surface area contributed by atoms with Crippen LogP contribution in [0.4, 0.5) is 9.59 Å². The zero-order chi connectivity index (χ0) is 18.4. The van der Waals surface area contributed by atoms with E-state index < -0.39 is 24.2 Å². The maximum atomic E-state index is 11.5. The molecule has 1 aromatic rings. The molecule has 136 valence electrons. The summed E-state index contributed by atoms with van der Waals surface area (Å²) in [5.74, 6) is -0.199. The van der Waals surface area contributed by atoms with Gasteiger partial charge in [0.2, 0.25) is 0 Å². The van der Waals surface area contributed by atoms with E-state index in [1.807, 2.05) is 0 Å². The number of ether oxygens (including phenoxy) is 2. The molecule has 2 N–H and O–H groups in total. The van der Waals surface area contributed by atoms with Gasteiger partial charge in [-0.3, -0.25) is 4.98 Å². The molecule has 1 atom stereocenters. The van der Waals surface area contributed by atoms with E-state index in [-0.39, 0.29) is 31.8 Å². The maximum Gasteiger partial charge on any atom is 0.407 e. The van der Waals surface area contributed by atoms with Crippen molar-refractivity contribution in [2.45, 2.75) is 12.5 Å². The van der Waals surface area contributed by atoms with Crippen molar-refractivity contribution in [2.75, 3.05) is 33.4 Å². The Morgan fingerprint density at radius 1 is 1.24 bits per heavy atom. The van der Waals surface area contributed by atoms with E-state index in [2.05, 4.69) is 9.72 Å². The second-order valence-corrected chi connectivity index (χ2v) is 5.40. The standard InChI is InChI=1S/C15H19N3O7/c1-24-13(19)10-6-12(8-16-7-10)25-5-2-11-9-17(14(20)21)3-4-18(11)15(22)23/h6-8,11H,2-5,9H2,1H3,(H,20,21)(H,22,23)/t11-/m1/s1. The Kier molecular flexibility index (Phi) is 5.98. The molecule has 10 heteroatoms. The molecule has 10 nitrogen and oxygen atoms in total.